The summed E-state index contributed by atoms with van der Waals surface area (Å²) in [5.74, 6) is 0.725. The molecule has 0 saturated carbocycles. The molecule has 0 spiro atoms. The van der Waals surface area contributed by atoms with Crippen molar-refractivity contribution in [2.45, 2.75) is 51.1 Å². The van der Waals surface area contributed by atoms with Crippen LogP contribution in [0.1, 0.15) is 35.8 Å². The van der Waals surface area contributed by atoms with Crippen LogP contribution >= 0.6 is 23.1 Å². The number of hydrogen-bond acceptors (Lipinski definition) is 6. The van der Waals surface area contributed by atoms with Crippen molar-refractivity contribution in [1.29, 1.82) is 0 Å². The number of fused-ring (bicyclic) bond motifs is 1. The number of unbranched alkanes of at least 4 members (excludes halogenated alkanes) is 1. The number of aryl methyl sites for hydroxylation is 2. The molecular weight excluding hydrogens is 406 g/mol. The molecule has 3 aromatic rings. The van der Waals surface area contributed by atoms with Crippen LogP contribution in [0.25, 0.3) is 10.2 Å². The monoisotopic (exact) mass is 431 g/mol. The van der Waals surface area contributed by atoms with E-state index in [9.17, 15) is 9.59 Å². The molecule has 6 nitrogen and oxygen atoms in total. The first-order valence-electron chi connectivity index (χ1n) is 9.54. The van der Waals surface area contributed by atoms with Crippen LogP contribution < -0.4 is 16.0 Å². The molecule has 2 aromatic heterocycles. The predicted molar refractivity (Wildman–Crippen MR) is 119 cm³/mol. The molecular formula is C21H25N3O3S2. The lowest BCUT2D eigenvalue weighted by Gasteiger charge is -2.12. The Labute approximate surface area is 178 Å². The third kappa shape index (κ3) is 5.00. The smallest absolute Gasteiger partial charge is 0.263 e. The molecule has 0 saturated heterocycles. The van der Waals surface area contributed by atoms with E-state index in [-0.39, 0.29) is 12.2 Å². The van der Waals surface area contributed by atoms with Gasteiger partial charge in [-0.25, -0.2) is 4.98 Å². The summed E-state index contributed by atoms with van der Waals surface area (Å²) < 4.78 is 7.19. The van der Waals surface area contributed by atoms with Crippen molar-refractivity contribution in [2.24, 2.45) is 5.73 Å². The molecule has 8 heteroatoms. The number of carbonyl (C=O) groups is 1. The molecule has 0 radical (unpaired) electrons. The van der Waals surface area contributed by atoms with Gasteiger partial charge in [0, 0.05) is 17.2 Å². The molecule has 29 heavy (non-hydrogen) atoms. The highest BCUT2D eigenvalue weighted by molar-refractivity contribution is 7.98. The summed E-state index contributed by atoms with van der Waals surface area (Å²) in [5.41, 5.74) is 7.23. The minimum Gasteiger partial charge on any atom is -0.484 e. The standard InChI is InChI=1S/C21H25N3O3S2/c1-4-5-9-24-20(26)18-13(2)14(3)29-19(18)23-21(24)28-12-15-7-6-8-16(10-15)27-11-17(22)25/h6-8,10H,4-5,9,11-12H2,1-3H3,(H2,22,25). The number of nitrogens with zero attached hydrogens (tertiary/aromatic N) is 2. The summed E-state index contributed by atoms with van der Waals surface area (Å²) >= 11 is 3.11. The number of amides is 1. The Bertz CT molecular complexity index is 1090. The molecule has 0 atom stereocenters. The Morgan fingerprint density at radius 1 is 1.34 bits per heavy atom. The minimum atomic E-state index is -0.510. The number of aromatic nitrogens is 2. The van der Waals surface area contributed by atoms with Crippen LogP contribution in [0.4, 0.5) is 0 Å². The van der Waals surface area contributed by atoms with Crippen molar-refractivity contribution in [3.8, 4) is 5.75 Å². The highest BCUT2D eigenvalue weighted by Crippen LogP contribution is 2.30. The molecule has 0 aliphatic rings. The van der Waals surface area contributed by atoms with Crippen molar-refractivity contribution in [1.82, 2.24) is 9.55 Å². The van der Waals surface area contributed by atoms with Gasteiger partial charge in [-0.2, -0.15) is 0 Å². The van der Waals surface area contributed by atoms with Crippen LogP contribution in [0.5, 0.6) is 5.75 Å². The highest BCUT2D eigenvalue weighted by atomic mass is 32.2. The van der Waals surface area contributed by atoms with Crippen LogP contribution in [0, 0.1) is 13.8 Å². The second kappa shape index (κ2) is 9.45. The van der Waals surface area contributed by atoms with Gasteiger partial charge in [-0.3, -0.25) is 14.2 Å². The van der Waals surface area contributed by atoms with E-state index in [1.807, 2.05) is 36.6 Å². The number of thiophene rings is 1. The largest absolute Gasteiger partial charge is 0.484 e. The Morgan fingerprint density at radius 3 is 2.86 bits per heavy atom. The first-order valence-corrected chi connectivity index (χ1v) is 11.3. The van der Waals surface area contributed by atoms with E-state index in [4.69, 9.17) is 15.5 Å². The molecule has 0 unspecified atom stereocenters. The van der Waals surface area contributed by atoms with Gasteiger partial charge in [-0.1, -0.05) is 37.2 Å². The number of primary amides is 1. The molecule has 0 aliphatic heterocycles. The first-order chi connectivity index (χ1) is 13.9. The van der Waals surface area contributed by atoms with Crippen molar-refractivity contribution in [2.75, 3.05) is 6.61 Å². The maximum Gasteiger partial charge on any atom is 0.263 e. The number of carbonyl (C=O) groups excluding carboxylic acids is 1. The molecule has 3 rings (SSSR count). The topological polar surface area (TPSA) is 87.2 Å². The van der Waals surface area contributed by atoms with Gasteiger partial charge in [0.1, 0.15) is 10.6 Å². The molecule has 2 heterocycles. The summed E-state index contributed by atoms with van der Waals surface area (Å²) in [6.07, 6.45) is 1.94. The summed E-state index contributed by atoms with van der Waals surface area (Å²) in [4.78, 5) is 30.8. The number of nitrogens with two attached hydrogens (primary N) is 1. The van der Waals surface area contributed by atoms with E-state index in [0.29, 0.717) is 18.0 Å². The lowest BCUT2D eigenvalue weighted by atomic mass is 10.2. The second-order valence-electron chi connectivity index (χ2n) is 6.86. The van der Waals surface area contributed by atoms with Gasteiger partial charge in [0.25, 0.3) is 11.5 Å². The summed E-state index contributed by atoms with van der Waals surface area (Å²) in [6.45, 7) is 6.65. The summed E-state index contributed by atoms with van der Waals surface area (Å²) in [7, 11) is 0. The van der Waals surface area contributed by atoms with Crippen LogP contribution in [0.15, 0.2) is 34.2 Å². The predicted octanol–water partition coefficient (Wildman–Crippen LogP) is 4.03. The first kappa shape index (κ1) is 21.4. The third-order valence-electron chi connectivity index (χ3n) is 4.64. The summed E-state index contributed by atoms with van der Waals surface area (Å²) in [6, 6.07) is 7.52. The molecule has 0 bridgehead atoms. The van der Waals surface area contributed by atoms with Gasteiger partial charge in [-0.05, 0) is 43.5 Å². The summed E-state index contributed by atoms with van der Waals surface area (Å²) in [5, 5.41) is 1.48. The number of hydrogen-bond donors (Lipinski definition) is 1. The fourth-order valence-electron chi connectivity index (χ4n) is 2.96. The zero-order chi connectivity index (χ0) is 21.0. The molecule has 0 fully saturated rings. The second-order valence-corrected chi connectivity index (χ2v) is 9.00. The normalized spacial score (nSPS) is 11.1. The number of rotatable bonds is 9. The van der Waals surface area contributed by atoms with Crippen LogP contribution in [-0.4, -0.2) is 22.1 Å². The molecule has 1 aromatic carbocycles. The minimum absolute atomic E-state index is 0.0475. The lowest BCUT2D eigenvalue weighted by molar-refractivity contribution is -0.119. The fraction of sp³-hybridized carbons (Fsp3) is 0.381. The fourth-order valence-corrected chi connectivity index (χ4v) is 5.00. The number of ether oxygens (including phenoxy) is 1. The Kier molecular flexibility index (Phi) is 6.97. The maximum atomic E-state index is 13.2. The number of benzene rings is 1. The molecule has 0 aliphatic carbocycles. The average molecular weight is 432 g/mol. The molecule has 2 N–H and O–H groups in total. The number of thioether (sulfide) groups is 1. The van der Waals surface area contributed by atoms with Gasteiger partial charge in [0.15, 0.2) is 11.8 Å². The Morgan fingerprint density at radius 2 is 2.14 bits per heavy atom. The Hall–Kier alpha value is -2.32. The van der Waals surface area contributed by atoms with E-state index in [1.54, 1.807) is 17.4 Å². The van der Waals surface area contributed by atoms with E-state index < -0.39 is 5.91 Å². The zero-order valence-electron chi connectivity index (χ0n) is 16.9. The third-order valence-corrected chi connectivity index (χ3v) is 6.79. The average Bonchev–Trinajstić information content (AvgIpc) is 2.98. The van der Waals surface area contributed by atoms with E-state index in [0.717, 1.165) is 44.2 Å². The van der Waals surface area contributed by atoms with Crippen molar-refractivity contribution in [3.05, 3.63) is 50.6 Å². The van der Waals surface area contributed by atoms with E-state index in [1.165, 1.54) is 11.8 Å². The van der Waals surface area contributed by atoms with Crippen LogP contribution in [-0.2, 0) is 17.1 Å². The van der Waals surface area contributed by atoms with Crippen molar-refractivity contribution < 1.29 is 9.53 Å². The van der Waals surface area contributed by atoms with Crippen LogP contribution in [0.3, 0.4) is 0 Å². The Balaban J connectivity index is 1.88. The van der Waals surface area contributed by atoms with Gasteiger partial charge in [-0.15, -0.1) is 11.3 Å². The van der Waals surface area contributed by atoms with Crippen molar-refractivity contribution >= 4 is 39.2 Å². The highest BCUT2D eigenvalue weighted by Gasteiger charge is 2.16. The van der Waals surface area contributed by atoms with Crippen molar-refractivity contribution in [3.63, 3.8) is 0 Å². The van der Waals surface area contributed by atoms with Gasteiger partial charge in [0.05, 0.1) is 5.39 Å². The van der Waals surface area contributed by atoms with Gasteiger partial charge in [0.2, 0.25) is 0 Å². The SMILES string of the molecule is CCCCn1c(SCc2cccc(OCC(N)=O)c2)nc2sc(C)c(C)c2c1=O. The molecule has 1 amide bonds. The van der Waals surface area contributed by atoms with Gasteiger partial charge >= 0.3 is 0 Å². The van der Waals surface area contributed by atoms with E-state index in [2.05, 4.69) is 6.92 Å². The lowest BCUT2D eigenvalue weighted by Crippen LogP contribution is -2.23. The maximum absolute atomic E-state index is 13.2. The molecule has 154 valence electrons. The zero-order valence-corrected chi connectivity index (χ0v) is 18.5. The van der Waals surface area contributed by atoms with E-state index >= 15 is 0 Å². The van der Waals surface area contributed by atoms with Crippen LogP contribution in [0.2, 0.25) is 0 Å². The quantitative estimate of drug-likeness (QED) is 0.408. The van der Waals surface area contributed by atoms with Gasteiger partial charge < -0.3 is 10.5 Å².